The zero-order valence-electron chi connectivity index (χ0n) is 10.9. The number of benzene rings is 1. The molecule has 0 bridgehead atoms. The zero-order valence-corrected chi connectivity index (χ0v) is 10.9. The average molecular weight is 233 g/mol. The lowest BCUT2D eigenvalue weighted by Gasteiger charge is -2.16. The van der Waals surface area contributed by atoms with Crippen molar-refractivity contribution >= 4 is 0 Å². The molecule has 1 aliphatic carbocycles. The number of aryl methyl sites for hydroxylation is 1. The van der Waals surface area contributed by atoms with Crippen molar-refractivity contribution in [1.29, 1.82) is 0 Å². The van der Waals surface area contributed by atoms with Gasteiger partial charge in [-0.25, -0.2) is 0 Å². The van der Waals surface area contributed by atoms with E-state index in [4.69, 9.17) is 10.5 Å². The Morgan fingerprint density at radius 2 is 2.18 bits per heavy atom. The van der Waals surface area contributed by atoms with E-state index in [0.29, 0.717) is 0 Å². The van der Waals surface area contributed by atoms with Crippen molar-refractivity contribution in [3.63, 3.8) is 0 Å². The molecule has 1 unspecified atom stereocenters. The van der Waals surface area contributed by atoms with Crippen molar-refractivity contribution in [2.45, 2.75) is 45.6 Å². The van der Waals surface area contributed by atoms with Gasteiger partial charge >= 0.3 is 0 Å². The van der Waals surface area contributed by atoms with Gasteiger partial charge in [0.1, 0.15) is 5.75 Å². The van der Waals surface area contributed by atoms with Crippen molar-refractivity contribution in [3.05, 3.63) is 29.3 Å². The Bertz CT molecular complexity index is 371. The number of nitrogens with two attached hydrogens (primary N) is 1. The molecule has 17 heavy (non-hydrogen) atoms. The molecule has 2 heteroatoms. The van der Waals surface area contributed by atoms with E-state index >= 15 is 0 Å². The van der Waals surface area contributed by atoms with E-state index in [9.17, 15) is 0 Å². The Morgan fingerprint density at radius 3 is 2.82 bits per heavy atom. The number of rotatable bonds is 6. The summed E-state index contributed by atoms with van der Waals surface area (Å²) in [5.74, 6) is 1.87. The molecule has 94 valence electrons. The quantitative estimate of drug-likeness (QED) is 0.819. The monoisotopic (exact) mass is 233 g/mol. The fourth-order valence-electron chi connectivity index (χ4n) is 1.99. The summed E-state index contributed by atoms with van der Waals surface area (Å²) in [7, 11) is 0. The van der Waals surface area contributed by atoms with Crippen LogP contribution in [-0.2, 0) is 6.42 Å². The maximum absolute atomic E-state index is 6.04. The molecule has 0 spiro atoms. The third-order valence-corrected chi connectivity index (χ3v) is 3.46. The van der Waals surface area contributed by atoms with Crippen LogP contribution in [0, 0.1) is 12.8 Å². The number of ether oxygens (including phenoxy) is 1. The summed E-state index contributed by atoms with van der Waals surface area (Å²) >= 11 is 0. The highest BCUT2D eigenvalue weighted by Gasteiger charge is 2.22. The lowest BCUT2D eigenvalue weighted by molar-refractivity contribution is 0.294. The van der Waals surface area contributed by atoms with E-state index in [1.165, 1.54) is 24.0 Å². The van der Waals surface area contributed by atoms with Gasteiger partial charge in [0, 0.05) is 6.04 Å². The molecule has 1 atom stereocenters. The second kappa shape index (κ2) is 5.54. The van der Waals surface area contributed by atoms with Gasteiger partial charge in [-0.15, -0.1) is 0 Å². The van der Waals surface area contributed by atoms with Gasteiger partial charge in [-0.3, -0.25) is 0 Å². The smallest absolute Gasteiger partial charge is 0.125 e. The second-order valence-electron chi connectivity index (χ2n) is 5.19. The molecule has 2 N–H and O–H groups in total. The average Bonchev–Trinajstić information content (AvgIpc) is 3.12. The minimum absolute atomic E-state index is 0.236. The molecule has 0 saturated heterocycles. The third kappa shape index (κ3) is 3.47. The molecule has 0 radical (unpaired) electrons. The first-order valence-electron chi connectivity index (χ1n) is 6.67. The standard InChI is InChI=1S/C15H23NO/c1-3-14(16)9-13-6-4-5-11(2)15(13)17-10-12-7-8-12/h4-6,12,14H,3,7-10,16H2,1-2H3. The second-order valence-corrected chi connectivity index (χ2v) is 5.19. The molecule has 2 nitrogen and oxygen atoms in total. The predicted octanol–water partition coefficient (Wildman–Crippen LogP) is 3.06. The SMILES string of the molecule is CCC(N)Cc1cccc(C)c1OCC1CC1. The van der Waals surface area contributed by atoms with E-state index < -0.39 is 0 Å². The summed E-state index contributed by atoms with van der Waals surface area (Å²) < 4.78 is 5.98. The summed E-state index contributed by atoms with van der Waals surface area (Å²) in [5, 5.41) is 0. The van der Waals surface area contributed by atoms with Crippen molar-refractivity contribution < 1.29 is 4.74 Å². The molecule has 0 heterocycles. The molecule has 1 aliphatic rings. The highest BCUT2D eigenvalue weighted by atomic mass is 16.5. The van der Waals surface area contributed by atoms with E-state index in [2.05, 4.69) is 32.0 Å². The highest BCUT2D eigenvalue weighted by molar-refractivity contribution is 5.41. The van der Waals surface area contributed by atoms with E-state index in [1.807, 2.05) is 0 Å². The first-order chi connectivity index (χ1) is 8.20. The molecule has 1 aromatic rings. The van der Waals surface area contributed by atoms with Crippen LogP contribution in [0.1, 0.15) is 37.3 Å². The van der Waals surface area contributed by atoms with Crippen molar-refractivity contribution in [2.75, 3.05) is 6.61 Å². The summed E-state index contributed by atoms with van der Waals surface area (Å²) in [6.45, 7) is 5.12. The van der Waals surface area contributed by atoms with Crippen LogP contribution in [0.4, 0.5) is 0 Å². The molecule has 2 rings (SSSR count). The minimum atomic E-state index is 0.236. The van der Waals surface area contributed by atoms with Crippen LogP contribution >= 0.6 is 0 Å². The largest absolute Gasteiger partial charge is 0.493 e. The topological polar surface area (TPSA) is 35.2 Å². The molecule has 1 saturated carbocycles. The molecule has 0 aromatic heterocycles. The van der Waals surface area contributed by atoms with Gasteiger partial charge < -0.3 is 10.5 Å². The minimum Gasteiger partial charge on any atom is -0.493 e. The third-order valence-electron chi connectivity index (χ3n) is 3.46. The Kier molecular flexibility index (Phi) is 4.06. The van der Waals surface area contributed by atoms with Crippen LogP contribution in [0.2, 0.25) is 0 Å². The molecule has 1 aromatic carbocycles. The highest BCUT2D eigenvalue weighted by Crippen LogP contribution is 2.32. The summed E-state index contributed by atoms with van der Waals surface area (Å²) in [6, 6.07) is 6.59. The number of hydrogen-bond donors (Lipinski definition) is 1. The Hall–Kier alpha value is -1.02. The van der Waals surface area contributed by atoms with Crippen molar-refractivity contribution in [2.24, 2.45) is 11.7 Å². The fraction of sp³-hybridized carbons (Fsp3) is 0.600. The van der Waals surface area contributed by atoms with Crippen molar-refractivity contribution in [1.82, 2.24) is 0 Å². The lowest BCUT2D eigenvalue weighted by Crippen LogP contribution is -2.22. The van der Waals surface area contributed by atoms with Crippen LogP contribution in [0.25, 0.3) is 0 Å². The van der Waals surface area contributed by atoms with E-state index in [-0.39, 0.29) is 6.04 Å². The van der Waals surface area contributed by atoms with Crippen LogP contribution in [-0.4, -0.2) is 12.6 Å². The van der Waals surface area contributed by atoms with Gasteiger partial charge in [-0.2, -0.15) is 0 Å². The first kappa shape index (κ1) is 12.4. The normalized spacial score (nSPS) is 16.9. The molecular weight excluding hydrogens is 210 g/mol. The fourth-order valence-corrected chi connectivity index (χ4v) is 1.99. The first-order valence-corrected chi connectivity index (χ1v) is 6.67. The van der Waals surface area contributed by atoms with Gasteiger partial charge in [0.2, 0.25) is 0 Å². The zero-order chi connectivity index (χ0) is 12.3. The lowest BCUT2D eigenvalue weighted by atomic mass is 10.0. The Balaban J connectivity index is 2.08. The maximum atomic E-state index is 6.04. The summed E-state index contributed by atoms with van der Waals surface area (Å²) in [4.78, 5) is 0. The van der Waals surface area contributed by atoms with Gasteiger partial charge in [0.25, 0.3) is 0 Å². The van der Waals surface area contributed by atoms with Gasteiger partial charge in [0.05, 0.1) is 6.61 Å². The predicted molar refractivity (Wildman–Crippen MR) is 71.4 cm³/mol. The van der Waals surface area contributed by atoms with E-state index in [0.717, 1.165) is 31.1 Å². The number of para-hydroxylation sites is 1. The molecular formula is C15H23NO. The maximum Gasteiger partial charge on any atom is 0.125 e. The van der Waals surface area contributed by atoms with Crippen LogP contribution in [0.5, 0.6) is 5.75 Å². The molecule has 0 amide bonds. The summed E-state index contributed by atoms with van der Waals surface area (Å²) in [5.41, 5.74) is 8.53. The summed E-state index contributed by atoms with van der Waals surface area (Å²) in [6.07, 6.45) is 4.58. The molecule has 0 aliphatic heterocycles. The molecule has 1 fully saturated rings. The van der Waals surface area contributed by atoms with Crippen molar-refractivity contribution in [3.8, 4) is 5.75 Å². The Morgan fingerprint density at radius 1 is 1.41 bits per heavy atom. The van der Waals surface area contributed by atoms with Gasteiger partial charge in [0.15, 0.2) is 0 Å². The van der Waals surface area contributed by atoms with Crippen LogP contribution in [0.3, 0.4) is 0 Å². The number of hydrogen-bond acceptors (Lipinski definition) is 2. The Labute approximate surface area is 104 Å². The van der Waals surface area contributed by atoms with E-state index in [1.54, 1.807) is 0 Å². The van der Waals surface area contributed by atoms with Crippen LogP contribution < -0.4 is 10.5 Å². The van der Waals surface area contributed by atoms with Crippen LogP contribution in [0.15, 0.2) is 18.2 Å². The van der Waals surface area contributed by atoms with Gasteiger partial charge in [-0.05, 0) is 49.7 Å². The van der Waals surface area contributed by atoms with Gasteiger partial charge in [-0.1, -0.05) is 25.1 Å².